The summed E-state index contributed by atoms with van der Waals surface area (Å²) < 4.78 is 40.5. The predicted octanol–water partition coefficient (Wildman–Crippen LogP) is 6.00. The summed E-state index contributed by atoms with van der Waals surface area (Å²) in [4.78, 5) is 17.3. The van der Waals surface area contributed by atoms with Crippen molar-refractivity contribution in [3.05, 3.63) is 70.0 Å². The van der Waals surface area contributed by atoms with E-state index in [0.717, 1.165) is 44.5 Å². The highest BCUT2D eigenvalue weighted by molar-refractivity contribution is 6.36. The molecule has 1 N–H and O–H groups in total. The zero-order valence-corrected chi connectivity index (χ0v) is 18.3. The zero-order chi connectivity index (χ0) is 22.9. The summed E-state index contributed by atoms with van der Waals surface area (Å²) in [6.45, 7) is 1.50. The molecular weight excluding hydrogens is 464 g/mol. The molecule has 0 unspecified atom stereocenters. The lowest BCUT2D eigenvalue weighted by molar-refractivity contribution is -0.137. The molecular formula is C22H19Cl2F3N4O. The smallest absolute Gasteiger partial charge is 0.299 e. The second-order valence-corrected chi connectivity index (χ2v) is 8.32. The van der Waals surface area contributed by atoms with Crippen molar-refractivity contribution < 1.29 is 18.0 Å². The van der Waals surface area contributed by atoms with Crippen molar-refractivity contribution >= 4 is 29.1 Å². The van der Waals surface area contributed by atoms with Crippen molar-refractivity contribution in [3.8, 4) is 17.1 Å². The number of halogens is 5. The molecule has 0 aliphatic carbocycles. The summed E-state index contributed by atoms with van der Waals surface area (Å²) >= 11 is 12.4. The number of carbonyl (C=O) groups is 1. The minimum atomic E-state index is -4.45. The van der Waals surface area contributed by atoms with Crippen LogP contribution in [0.3, 0.4) is 0 Å². The Labute approximate surface area is 192 Å². The first kappa shape index (κ1) is 22.6. The standard InChI is InChI=1S/C22H19Cl2F3N4O/c23-15-6-9-17(18(24)12-15)20-28-19(21(32)29-30-10-2-1-3-11-30)13-31(20)16-7-4-14(5-8-16)22(25,26)27/h4-9,12-13H,1-3,10-11H2,(H,29,32). The maximum atomic E-state index is 13.0. The van der Waals surface area contributed by atoms with Crippen LogP contribution in [0.25, 0.3) is 17.1 Å². The van der Waals surface area contributed by atoms with Crippen LogP contribution < -0.4 is 5.43 Å². The molecule has 2 heterocycles. The van der Waals surface area contributed by atoms with E-state index in [2.05, 4.69) is 10.4 Å². The van der Waals surface area contributed by atoms with Crippen LogP contribution in [0.2, 0.25) is 10.0 Å². The highest BCUT2D eigenvalue weighted by Crippen LogP contribution is 2.33. The molecule has 4 rings (SSSR count). The van der Waals surface area contributed by atoms with E-state index >= 15 is 0 Å². The van der Waals surface area contributed by atoms with E-state index < -0.39 is 17.6 Å². The second kappa shape index (κ2) is 9.13. The highest BCUT2D eigenvalue weighted by Gasteiger charge is 2.30. The molecule has 0 saturated carbocycles. The average molecular weight is 483 g/mol. The predicted molar refractivity (Wildman–Crippen MR) is 117 cm³/mol. The number of aromatic nitrogens is 2. The van der Waals surface area contributed by atoms with Gasteiger partial charge in [-0.2, -0.15) is 13.2 Å². The molecule has 1 amide bonds. The third-order valence-electron chi connectivity index (χ3n) is 5.20. The first-order chi connectivity index (χ1) is 15.2. The minimum Gasteiger partial charge on any atom is -0.299 e. The van der Waals surface area contributed by atoms with E-state index in [4.69, 9.17) is 23.2 Å². The molecule has 1 aliphatic rings. The van der Waals surface area contributed by atoms with Crippen molar-refractivity contribution in [2.75, 3.05) is 13.1 Å². The fourth-order valence-electron chi connectivity index (χ4n) is 3.56. The Morgan fingerprint density at radius 1 is 1.00 bits per heavy atom. The van der Waals surface area contributed by atoms with Crippen molar-refractivity contribution in [2.24, 2.45) is 0 Å². The molecule has 2 aromatic carbocycles. The van der Waals surface area contributed by atoms with Crippen LogP contribution in [0.1, 0.15) is 35.3 Å². The van der Waals surface area contributed by atoms with Crippen LogP contribution in [-0.4, -0.2) is 33.6 Å². The summed E-state index contributed by atoms with van der Waals surface area (Å²) in [5.74, 6) is -0.0842. The number of nitrogens with one attached hydrogen (secondary N) is 1. The number of alkyl halides is 3. The minimum absolute atomic E-state index is 0.122. The lowest BCUT2D eigenvalue weighted by atomic mass is 10.1. The Kier molecular flexibility index (Phi) is 6.46. The lowest BCUT2D eigenvalue weighted by Crippen LogP contribution is -2.45. The molecule has 0 bridgehead atoms. The van der Waals surface area contributed by atoms with Gasteiger partial charge in [-0.3, -0.25) is 14.8 Å². The molecule has 5 nitrogen and oxygen atoms in total. The third-order valence-corrected chi connectivity index (χ3v) is 5.75. The average Bonchev–Trinajstić information content (AvgIpc) is 3.19. The van der Waals surface area contributed by atoms with Gasteiger partial charge < -0.3 is 0 Å². The van der Waals surface area contributed by atoms with Crippen LogP contribution in [0.15, 0.2) is 48.7 Å². The van der Waals surface area contributed by atoms with Crippen molar-refractivity contribution in [1.82, 2.24) is 20.0 Å². The summed E-state index contributed by atoms with van der Waals surface area (Å²) in [6, 6.07) is 9.43. The Hall–Kier alpha value is -2.55. The van der Waals surface area contributed by atoms with Crippen molar-refractivity contribution in [3.63, 3.8) is 0 Å². The van der Waals surface area contributed by atoms with E-state index in [-0.39, 0.29) is 5.69 Å². The lowest BCUT2D eigenvalue weighted by Gasteiger charge is -2.26. The van der Waals surface area contributed by atoms with E-state index in [1.54, 1.807) is 16.7 Å². The van der Waals surface area contributed by atoms with Gasteiger partial charge >= 0.3 is 6.18 Å². The number of carbonyl (C=O) groups excluding carboxylic acids is 1. The van der Waals surface area contributed by atoms with Crippen LogP contribution in [0.4, 0.5) is 13.2 Å². The fraction of sp³-hybridized carbons (Fsp3) is 0.273. The van der Waals surface area contributed by atoms with Gasteiger partial charge in [-0.15, -0.1) is 0 Å². The van der Waals surface area contributed by atoms with Gasteiger partial charge in [0.25, 0.3) is 5.91 Å². The van der Waals surface area contributed by atoms with E-state index in [9.17, 15) is 18.0 Å². The van der Waals surface area contributed by atoms with Gasteiger partial charge in [0.15, 0.2) is 0 Å². The number of hydrogen-bond donors (Lipinski definition) is 1. The molecule has 1 saturated heterocycles. The SMILES string of the molecule is O=C(NN1CCCCC1)c1cn(-c2ccc(C(F)(F)F)cc2)c(-c2ccc(Cl)cc2Cl)n1. The maximum absolute atomic E-state index is 13.0. The summed E-state index contributed by atoms with van der Waals surface area (Å²) in [5.41, 5.74) is 3.10. The Bertz CT molecular complexity index is 1120. The first-order valence-electron chi connectivity index (χ1n) is 10.0. The van der Waals surface area contributed by atoms with Crippen LogP contribution in [0, 0.1) is 0 Å². The first-order valence-corrected chi connectivity index (χ1v) is 10.8. The zero-order valence-electron chi connectivity index (χ0n) is 16.8. The molecule has 3 aromatic rings. The molecule has 0 atom stereocenters. The molecule has 1 fully saturated rings. The molecule has 1 aliphatic heterocycles. The normalized spacial score (nSPS) is 15.0. The number of rotatable bonds is 4. The largest absolute Gasteiger partial charge is 0.416 e. The highest BCUT2D eigenvalue weighted by atomic mass is 35.5. The van der Waals surface area contributed by atoms with E-state index in [1.807, 2.05) is 5.01 Å². The molecule has 10 heteroatoms. The summed E-state index contributed by atoms with van der Waals surface area (Å²) in [7, 11) is 0. The number of piperidine rings is 1. The number of hydrazine groups is 1. The number of nitrogens with zero attached hydrogens (tertiary/aromatic N) is 3. The third kappa shape index (κ3) is 4.92. The van der Waals surface area contributed by atoms with Crippen molar-refractivity contribution in [1.29, 1.82) is 0 Å². The van der Waals surface area contributed by atoms with Gasteiger partial charge in [-0.25, -0.2) is 9.99 Å². The maximum Gasteiger partial charge on any atom is 0.416 e. The molecule has 32 heavy (non-hydrogen) atoms. The summed E-state index contributed by atoms with van der Waals surface area (Å²) in [5, 5.41) is 2.58. The number of imidazole rings is 1. The Morgan fingerprint density at radius 2 is 1.69 bits per heavy atom. The molecule has 0 spiro atoms. The van der Waals surface area contributed by atoms with Gasteiger partial charge in [-0.05, 0) is 55.3 Å². The molecule has 168 valence electrons. The Morgan fingerprint density at radius 3 is 2.31 bits per heavy atom. The summed E-state index contributed by atoms with van der Waals surface area (Å²) in [6.07, 6.45) is 0.142. The quantitative estimate of drug-likeness (QED) is 0.496. The van der Waals surface area contributed by atoms with Gasteiger partial charge in [-0.1, -0.05) is 29.6 Å². The Balaban J connectivity index is 1.74. The van der Waals surface area contributed by atoms with E-state index in [0.29, 0.717) is 27.1 Å². The molecule has 0 radical (unpaired) electrons. The fourth-order valence-corrected chi connectivity index (χ4v) is 4.06. The van der Waals surface area contributed by atoms with Crippen LogP contribution >= 0.6 is 23.2 Å². The van der Waals surface area contributed by atoms with Gasteiger partial charge in [0, 0.05) is 35.6 Å². The van der Waals surface area contributed by atoms with E-state index in [1.165, 1.54) is 24.4 Å². The molecule has 1 aromatic heterocycles. The monoisotopic (exact) mass is 482 g/mol. The number of amides is 1. The number of benzene rings is 2. The number of hydrogen-bond acceptors (Lipinski definition) is 3. The van der Waals surface area contributed by atoms with Gasteiger partial charge in [0.05, 0.1) is 10.6 Å². The van der Waals surface area contributed by atoms with Crippen LogP contribution in [-0.2, 0) is 6.18 Å². The van der Waals surface area contributed by atoms with Crippen LogP contribution in [0.5, 0.6) is 0 Å². The second-order valence-electron chi connectivity index (χ2n) is 7.48. The van der Waals surface area contributed by atoms with Gasteiger partial charge in [0.1, 0.15) is 11.5 Å². The van der Waals surface area contributed by atoms with Crippen molar-refractivity contribution in [2.45, 2.75) is 25.4 Å². The topological polar surface area (TPSA) is 50.2 Å². The van der Waals surface area contributed by atoms with Gasteiger partial charge in [0.2, 0.25) is 0 Å².